The summed E-state index contributed by atoms with van der Waals surface area (Å²) in [5, 5.41) is 9.00. The molecule has 0 aliphatic carbocycles. The van der Waals surface area contributed by atoms with Crippen molar-refractivity contribution in [2.75, 3.05) is 14.2 Å². The van der Waals surface area contributed by atoms with E-state index in [4.69, 9.17) is 20.3 Å². The summed E-state index contributed by atoms with van der Waals surface area (Å²) in [6.07, 6.45) is 0. The Bertz CT molecular complexity index is 445. The number of carboxylic acid groups (broad SMARTS) is 1. The minimum absolute atomic E-state index is 0.579. The van der Waals surface area contributed by atoms with E-state index in [9.17, 15) is 4.79 Å². The summed E-state index contributed by atoms with van der Waals surface area (Å²) in [7, 11) is 3.10. The Morgan fingerprint density at radius 3 is 2.39 bits per heavy atom. The number of methoxy groups -OCH3 is 2. The van der Waals surface area contributed by atoms with E-state index in [-0.39, 0.29) is 0 Å². The molecule has 100 valence electrons. The summed E-state index contributed by atoms with van der Waals surface area (Å²) in [6, 6.07) is 2.89. The number of aliphatic carboxylic acids is 1. The number of rotatable bonds is 5. The van der Waals surface area contributed by atoms with Gasteiger partial charge in [0.15, 0.2) is 0 Å². The van der Waals surface area contributed by atoms with Gasteiger partial charge in [0.05, 0.1) is 20.1 Å². The van der Waals surface area contributed by atoms with Crippen LogP contribution in [-0.2, 0) is 4.79 Å². The van der Waals surface area contributed by atoms with Crippen LogP contribution in [0, 0.1) is 12.8 Å². The largest absolute Gasteiger partial charge is 0.496 e. The van der Waals surface area contributed by atoms with Crippen LogP contribution in [0.4, 0.5) is 0 Å². The van der Waals surface area contributed by atoms with Gasteiger partial charge in [-0.25, -0.2) is 0 Å². The van der Waals surface area contributed by atoms with E-state index in [1.165, 1.54) is 7.11 Å². The Morgan fingerprint density at radius 1 is 1.33 bits per heavy atom. The molecule has 0 aromatic heterocycles. The first-order valence-corrected chi connectivity index (χ1v) is 5.63. The lowest BCUT2D eigenvalue weighted by atomic mass is 9.93. The van der Waals surface area contributed by atoms with Gasteiger partial charge in [-0.05, 0) is 13.0 Å². The third-order valence-electron chi connectivity index (χ3n) is 3.10. The molecule has 5 nitrogen and oxygen atoms in total. The predicted octanol–water partition coefficient (Wildman–Crippen LogP) is 1.73. The lowest BCUT2D eigenvalue weighted by molar-refractivity contribution is -0.141. The average molecular weight is 253 g/mol. The first-order valence-electron chi connectivity index (χ1n) is 5.63. The molecular formula is C13H19NO4. The number of benzene rings is 1. The summed E-state index contributed by atoms with van der Waals surface area (Å²) in [6.45, 7) is 3.42. The molecule has 0 radical (unpaired) electrons. The SMILES string of the molecule is COc1ccc(C(N)C(C)C(=O)O)c(OC)c1C. The maximum atomic E-state index is 11.0. The first-order chi connectivity index (χ1) is 8.43. The Balaban J connectivity index is 3.25. The van der Waals surface area contributed by atoms with Crippen molar-refractivity contribution >= 4 is 5.97 Å². The lowest BCUT2D eigenvalue weighted by Gasteiger charge is -2.21. The van der Waals surface area contributed by atoms with Crippen molar-refractivity contribution in [3.8, 4) is 11.5 Å². The number of nitrogens with two attached hydrogens (primary N) is 1. The average Bonchev–Trinajstić information content (AvgIpc) is 2.36. The molecular weight excluding hydrogens is 234 g/mol. The summed E-state index contributed by atoms with van der Waals surface area (Å²) < 4.78 is 10.5. The zero-order chi connectivity index (χ0) is 13.9. The van der Waals surface area contributed by atoms with Crippen LogP contribution in [0.5, 0.6) is 11.5 Å². The molecule has 1 aromatic carbocycles. The molecule has 2 atom stereocenters. The second kappa shape index (κ2) is 5.73. The molecule has 0 aliphatic heterocycles. The smallest absolute Gasteiger partial charge is 0.308 e. The number of hydrogen-bond acceptors (Lipinski definition) is 4. The zero-order valence-electron chi connectivity index (χ0n) is 11.1. The topological polar surface area (TPSA) is 81.8 Å². The van der Waals surface area contributed by atoms with E-state index in [1.54, 1.807) is 26.2 Å². The summed E-state index contributed by atoms with van der Waals surface area (Å²) in [5.74, 6) is -0.356. The van der Waals surface area contributed by atoms with Gasteiger partial charge in [-0.15, -0.1) is 0 Å². The fourth-order valence-electron chi connectivity index (χ4n) is 1.87. The van der Waals surface area contributed by atoms with Gasteiger partial charge in [0, 0.05) is 17.2 Å². The second-order valence-electron chi connectivity index (χ2n) is 4.17. The van der Waals surface area contributed by atoms with Crippen LogP contribution >= 0.6 is 0 Å². The first kappa shape index (κ1) is 14.3. The fourth-order valence-corrected chi connectivity index (χ4v) is 1.87. The van der Waals surface area contributed by atoms with E-state index in [2.05, 4.69) is 0 Å². The highest BCUT2D eigenvalue weighted by atomic mass is 16.5. The van der Waals surface area contributed by atoms with E-state index in [0.717, 1.165) is 5.56 Å². The zero-order valence-corrected chi connectivity index (χ0v) is 11.1. The molecule has 5 heteroatoms. The van der Waals surface area contributed by atoms with Gasteiger partial charge in [-0.3, -0.25) is 4.79 Å². The molecule has 0 saturated heterocycles. The molecule has 18 heavy (non-hydrogen) atoms. The number of ether oxygens (including phenoxy) is 2. The van der Waals surface area contributed by atoms with Crippen molar-refractivity contribution in [1.82, 2.24) is 0 Å². The molecule has 1 rings (SSSR count). The van der Waals surface area contributed by atoms with Crippen molar-refractivity contribution in [3.63, 3.8) is 0 Å². The van der Waals surface area contributed by atoms with Crippen molar-refractivity contribution in [2.24, 2.45) is 11.7 Å². The number of carboxylic acids is 1. The maximum absolute atomic E-state index is 11.0. The third kappa shape index (κ3) is 2.56. The van der Waals surface area contributed by atoms with E-state index in [0.29, 0.717) is 17.1 Å². The quantitative estimate of drug-likeness (QED) is 0.835. The molecule has 0 spiro atoms. The van der Waals surface area contributed by atoms with Crippen LogP contribution in [0.1, 0.15) is 24.1 Å². The summed E-state index contributed by atoms with van der Waals surface area (Å²) >= 11 is 0. The monoisotopic (exact) mass is 253 g/mol. The van der Waals surface area contributed by atoms with Crippen LogP contribution in [0.25, 0.3) is 0 Å². The van der Waals surface area contributed by atoms with Crippen LogP contribution in [0.2, 0.25) is 0 Å². The van der Waals surface area contributed by atoms with Crippen LogP contribution in [0.15, 0.2) is 12.1 Å². The number of carbonyl (C=O) groups is 1. The molecule has 0 amide bonds. The van der Waals surface area contributed by atoms with E-state index >= 15 is 0 Å². The third-order valence-corrected chi connectivity index (χ3v) is 3.10. The van der Waals surface area contributed by atoms with Gasteiger partial charge in [-0.1, -0.05) is 13.0 Å². The summed E-state index contributed by atoms with van der Waals surface area (Å²) in [5.41, 5.74) is 7.46. The van der Waals surface area contributed by atoms with E-state index in [1.807, 2.05) is 6.92 Å². The van der Waals surface area contributed by atoms with Crippen molar-refractivity contribution in [2.45, 2.75) is 19.9 Å². The normalized spacial score (nSPS) is 13.8. The molecule has 3 N–H and O–H groups in total. The van der Waals surface area contributed by atoms with Gasteiger partial charge < -0.3 is 20.3 Å². The predicted molar refractivity (Wildman–Crippen MR) is 68.0 cm³/mol. The van der Waals surface area contributed by atoms with Gasteiger partial charge in [0.25, 0.3) is 0 Å². The van der Waals surface area contributed by atoms with Gasteiger partial charge in [0.1, 0.15) is 11.5 Å². The minimum Gasteiger partial charge on any atom is -0.496 e. The fraction of sp³-hybridized carbons (Fsp3) is 0.462. The molecule has 0 fully saturated rings. The molecule has 1 aromatic rings. The highest BCUT2D eigenvalue weighted by Crippen LogP contribution is 2.36. The van der Waals surface area contributed by atoms with Crippen LogP contribution in [-0.4, -0.2) is 25.3 Å². The van der Waals surface area contributed by atoms with Crippen LogP contribution in [0.3, 0.4) is 0 Å². The second-order valence-corrected chi connectivity index (χ2v) is 4.17. The van der Waals surface area contributed by atoms with Crippen molar-refractivity contribution in [3.05, 3.63) is 23.3 Å². The molecule has 0 bridgehead atoms. The lowest BCUT2D eigenvalue weighted by Crippen LogP contribution is -2.26. The molecule has 2 unspecified atom stereocenters. The van der Waals surface area contributed by atoms with Crippen molar-refractivity contribution in [1.29, 1.82) is 0 Å². The number of hydrogen-bond donors (Lipinski definition) is 2. The summed E-state index contributed by atoms with van der Waals surface area (Å²) in [4.78, 5) is 11.0. The van der Waals surface area contributed by atoms with E-state index < -0.39 is 17.9 Å². The molecule has 0 heterocycles. The molecule has 0 saturated carbocycles. The Kier molecular flexibility index (Phi) is 4.55. The van der Waals surface area contributed by atoms with Gasteiger partial charge >= 0.3 is 5.97 Å². The standard InChI is InChI=1S/C13H19NO4/c1-7-10(17-3)6-5-9(12(7)18-4)11(14)8(2)13(15)16/h5-6,8,11H,14H2,1-4H3,(H,15,16). The van der Waals surface area contributed by atoms with Crippen molar-refractivity contribution < 1.29 is 19.4 Å². The van der Waals surface area contributed by atoms with Gasteiger partial charge in [0.2, 0.25) is 0 Å². The molecule has 0 aliphatic rings. The maximum Gasteiger partial charge on any atom is 0.308 e. The highest BCUT2D eigenvalue weighted by molar-refractivity contribution is 5.71. The Labute approximate surface area is 107 Å². The van der Waals surface area contributed by atoms with Gasteiger partial charge in [-0.2, -0.15) is 0 Å². The van der Waals surface area contributed by atoms with Crippen LogP contribution < -0.4 is 15.2 Å². The minimum atomic E-state index is -0.932. The Morgan fingerprint density at radius 2 is 1.94 bits per heavy atom. The highest BCUT2D eigenvalue weighted by Gasteiger charge is 2.25. The Hall–Kier alpha value is -1.75.